The number of hydrogen-bond acceptors (Lipinski definition) is 4. The van der Waals surface area contributed by atoms with Gasteiger partial charge in [0, 0.05) is 18.9 Å². The molecule has 2 aliphatic rings. The van der Waals surface area contributed by atoms with Gasteiger partial charge in [-0.15, -0.1) is 0 Å². The van der Waals surface area contributed by atoms with Crippen molar-refractivity contribution >= 4 is 5.96 Å². The van der Waals surface area contributed by atoms with E-state index in [1.807, 2.05) is 13.8 Å². The summed E-state index contributed by atoms with van der Waals surface area (Å²) < 4.78 is 17.0. The Morgan fingerprint density at radius 2 is 2.17 bits per heavy atom. The number of aliphatic imine (C=N–C) groups is 1. The van der Waals surface area contributed by atoms with E-state index >= 15 is 0 Å². The number of nitrogens with two attached hydrogens (primary N) is 1. The summed E-state index contributed by atoms with van der Waals surface area (Å²) in [5, 5.41) is 3.05. The fourth-order valence-electron chi connectivity index (χ4n) is 2.19. The molecule has 0 amide bonds. The second-order valence-corrected chi connectivity index (χ2v) is 5.10. The summed E-state index contributed by atoms with van der Waals surface area (Å²) in [6, 6.07) is 0.288. The van der Waals surface area contributed by atoms with Gasteiger partial charge in [0.05, 0.1) is 26.4 Å². The van der Waals surface area contributed by atoms with E-state index in [1.54, 1.807) is 0 Å². The van der Waals surface area contributed by atoms with Crippen LogP contribution >= 0.6 is 0 Å². The van der Waals surface area contributed by atoms with Gasteiger partial charge in [-0.05, 0) is 13.8 Å². The molecular weight excluding hydrogens is 234 g/mol. The Morgan fingerprint density at radius 1 is 1.44 bits per heavy atom. The van der Waals surface area contributed by atoms with Crippen LogP contribution < -0.4 is 11.1 Å². The number of nitrogens with one attached hydrogen (secondary N) is 1. The van der Waals surface area contributed by atoms with E-state index in [4.69, 9.17) is 19.9 Å². The normalized spacial score (nSPS) is 27.9. The fourth-order valence-corrected chi connectivity index (χ4v) is 2.19. The number of ether oxygens (including phenoxy) is 3. The van der Waals surface area contributed by atoms with Crippen LogP contribution in [0.5, 0.6) is 0 Å². The van der Waals surface area contributed by atoms with Gasteiger partial charge in [-0.2, -0.15) is 0 Å². The van der Waals surface area contributed by atoms with Crippen molar-refractivity contribution in [2.24, 2.45) is 10.7 Å². The van der Waals surface area contributed by atoms with Crippen molar-refractivity contribution < 1.29 is 14.2 Å². The molecule has 0 saturated carbocycles. The first-order valence-corrected chi connectivity index (χ1v) is 6.56. The maximum absolute atomic E-state index is 5.95. The third-order valence-corrected chi connectivity index (χ3v) is 3.07. The van der Waals surface area contributed by atoms with Crippen LogP contribution in [-0.2, 0) is 14.2 Å². The lowest BCUT2D eigenvalue weighted by Crippen LogP contribution is -2.39. The van der Waals surface area contributed by atoms with Crippen LogP contribution in [0.15, 0.2) is 4.99 Å². The quantitative estimate of drug-likeness (QED) is 0.558. The van der Waals surface area contributed by atoms with Crippen molar-refractivity contribution in [1.29, 1.82) is 0 Å². The molecule has 0 radical (unpaired) electrons. The van der Waals surface area contributed by atoms with E-state index in [0.29, 0.717) is 32.3 Å². The molecule has 0 bridgehead atoms. The molecule has 104 valence electrons. The average molecular weight is 257 g/mol. The lowest BCUT2D eigenvalue weighted by atomic mass is 10.1. The molecule has 1 unspecified atom stereocenters. The highest BCUT2D eigenvalue weighted by Gasteiger charge is 2.42. The van der Waals surface area contributed by atoms with Gasteiger partial charge in [-0.25, -0.2) is 0 Å². The van der Waals surface area contributed by atoms with Crippen molar-refractivity contribution in [1.82, 2.24) is 5.32 Å². The van der Waals surface area contributed by atoms with E-state index < -0.39 is 5.79 Å². The zero-order valence-corrected chi connectivity index (χ0v) is 11.1. The maximum Gasteiger partial charge on any atom is 0.188 e. The highest BCUT2D eigenvalue weighted by molar-refractivity contribution is 5.78. The van der Waals surface area contributed by atoms with Crippen molar-refractivity contribution in [3.8, 4) is 0 Å². The molecule has 2 rings (SSSR count). The van der Waals surface area contributed by atoms with Crippen LogP contribution in [0.3, 0.4) is 0 Å². The molecule has 1 atom stereocenters. The largest absolute Gasteiger partial charge is 0.381 e. The fraction of sp³-hybridized carbons (Fsp3) is 0.917. The molecule has 6 heteroatoms. The molecule has 2 fully saturated rings. The lowest BCUT2D eigenvalue weighted by molar-refractivity contribution is -0.210. The highest BCUT2D eigenvalue weighted by atomic mass is 16.7. The number of rotatable bonds is 3. The SMILES string of the molecule is CC(C)NC(N)=NCC1COC2(CCOCC2)O1. The first-order chi connectivity index (χ1) is 8.60. The predicted molar refractivity (Wildman–Crippen MR) is 68.4 cm³/mol. The summed E-state index contributed by atoms with van der Waals surface area (Å²) in [7, 11) is 0. The Hall–Kier alpha value is -0.850. The first kappa shape index (κ1) is 13.6. The van der Waals surface area contributed by atoms with Gasteiger partial charge < -0.3 is 25.3 Å². The van der Waals surface area contributed by atoms with E-state index in [9.17, 15) is 0 Å². The van der Waals surface area contributed by atoms with Crippen LogP contribution in [0.4, 0.5) is 0 Å². The van der Waals surface area contributed by atoms with Gasteiger partial charge in [-0.3, -0.25) is 4.99 Å². The molecule has 1 spiro atoms. The summed E-state index contributed by atoms with van der Waals surface area (Å²) in [6.07, 6.45) is 1.59. The molecule has 0 aromatic rings. The van der Waals surface area contributed by atoms with Gasteiger partial charge in [-0.1, -0.05) is 0 Å². The smallest absolute Gasteiger partial charge is 0.188 e. The third-order valence-electron chi connectivity index (χ3n) is 3.07. The second kappa shape index (κ2) is 5.86. The van der Waals surface area contributed by atoms with Crippen molar-refractivity contribution in [2.75, 3.05) is 26.4 Å². The molecule has 3 N–H and O–H groups in total. The first-order valence-electron chi connectivity index (χ1n) is 6.56. The minimum absolute atomic E-state index is 0.00406. The Balaban J connectivity index is 1.78. The van der Waals surface area contributed by atoms with Crippen LogP contribution in [0.1, 0.15) is 26.7 Å². The summed E-state index contributed by atoms with van der Waals surface area (Å²) >= 11 is 0. The minimum Gasteiger partial charge on any atom is -0.381 e. The Kier molecular flexibility index (Phi) is 4.42. The minimum atomic E-state index is -0.432. The molecule has 2 heterocycles. The summed E-state index contributed by atoms with van der Waals surface area (Å²) in [4.78, 5) is 4.27. The van der Waals surface area contributed by atoms with Gasteiger partial charge in [0.1, 0.15) is 6.10 Å². The molecule has 6 nitrogen and oxygen atoms in total. The van der Waals surface area contributed by atoms with Crippen LogP contribution in [0.2, 0.25) is 0 Å². The standard InChI is InChI=1S/C12H23N3O3/c1-9(2)15-11(13)14-7-10-8-17-12(18-10)3-5-16-6-4-12/h9-10H,3-8H2,1-2H3,(H3,13,14,15). The Morgan fingerprint density at radius 3 is 2.83 bits per heavy atom. The van der Waals surface area contributed by atoms with Crippen LogP contribution in [0, 0.1) is 0 Å². The van der Waals surface area contributed by atoms with Crippen molar-refractivity contribution in [3.63, 3.8) is 0 Å². The van der Waals surface area contributed by atoms with Crippen LogP contribution in [-0.4, -0.2) is 50.3 Å². The van der Waals surface area contributed by atoms with Gasteiger partial charge >= 0.3 is 0 Å². The molecule has 0 aromatic heterocycles. The van der Waals surface area contributed by atoms with Crippen LogP contribution in [0.25, 0.3) is 0 Å². The zero-order chi connectivity index (χ0) is 13.0. The van der Waals surface area contributed by atoms with E-state index in [1.165, 1.54) is 0 Å². The zero-order valence-electron chi connectivity index (χ0n) is 11.1. The van der Waals surface area contributed by atoms with Gasteiger partial charge in [0.2, 0.25) is 0 Å². The van der Waals surface area contributed by atoms with Crippen molar-refractivity contribution in [3.05, 3.63) is 0 Å². The van der Waals surface area contributed by atoms with Crippen molar-refractivity contribution in [2.45, 2.75) is 44.6 Å². The second-order valence-electron chi connectivity index (χ2n) is 5.10. The highest BCUT2D eigenvalue weighted by Crippen LogP contribution is 2.33. The van der Waals surface area contributed by atoms with E-state index in [0.717, 1.165) is 12.8 Å². The topological polar surface area (TPSA) is 78.1 Å². The van der Waals surface area contributed by atoms with E-state index in [2.05, 4.69) is 10.3 Å². The Bertz CT molecular complexity index is 301. The number of guanidine groups is 1. The number of nitrogens with zero attached hydrogens (tertiary/aromatic N) is 1. The van der Waals surface area contributed by atoms with E-state index in [-0.39, 0.29) is 12.1 Å². The average Bonchev–Trinajstić information content (AvgIpc) is 2.70. The molecule has 2 aliphatic heterocycles. The predicted octanol–water partition coefficient (Wildman–Crippen LogP) is 0.221. The molecule has 0 aromatic carbocycles. The summed E-state index contributed by atoms with van der Waals surface area (Å²) in [6.45, 7) is 6.57. The number of hydrogen-bond donors (Lipinski definition) is 2. The van der Waals surface area contributed by atoms with Gasteiger partial charge in [0.15, 0.2) is 11.7 Å². The molecule has 2 saturated heterocycles. The summed E-state index contributed by atoms with van der Waals surface area (Å²) in [5.74, 6) is 0.0279. The monoisotopic (exact) mass is 257 g/mol. The Labute approximate surface area is 108 Å². The lowest BCUT2D eigenvalue weighted by Gasteiger charge is -2.31. The molecular formula is C12H23N3O3. The molecule has 0 aliphatic carbocycles. The summed E-state index contributed by atoms with van der Waals surface area (Å²) in [5.41, 5.74) is 5.75. The molecule has 18 heavy (non-hydrogen) atoms. The third kappa shape index (κ3) is 3.57. The maximum atomic E-state index is 5.95. The van der Waals surface area contributed by atoms with Gasteiger partial charge in [0.25, 0.3) is 0 Å².